The van der Waals surface area contributed by atoms with E-state index in [1.165, 1.54) is 11.4 Å². The van der Waals surface area contributed by atoms with Crippen LogP contribution in [0.1, 0.15) is 12.0 Å². The highest BCUT2D eigenvalue weighted by Crippen LogP contribution is 2.28. The smallest absolute Gasteiger partial charge is 0.243 e. The van der Waals surface area contributed by atoms with E-state index in [0.29, 0.717) is 30.4 Å². The number of amides is 1. The molecule has 0 aliphatic carbocycles. The molecule has 0 saturated carbocycles. The number of carbonyl (C=O) groups excluding carboxylic acids is 1. The van der Waals surface area contributed by atoms with Crippen molar-refractivity contribution in [2.45, 2.75) is 23.9 Å². The van der Waals surface area contributed by atoms with Crippen LogP contribution in [-0.4, -0.2) is 55.3 Å². The molecule has 180 valence electrons. The Kier molecular flexibility index (Phi) is 6.13. The van der Waals surface area contributed by atoms with Gasteiger partial charge in [-0.3, -0.25) is 4.79 Å². The monoisotopic (exact) mass is 509 g/mol. The first-order valence-electron chi connectivity index (χ1n) is 11.2. The van der Waals surface area contributed by atoms with Crippen LogP contribution in [0.25, 0.3) is 21.7 Å². The Balaban J connectivity index is 1.36. The summed E-state index contributed by atoms with van der Waals surface area (Å²) in [5.74, 6) is 0.436. The van der Waals surface area contributed by atoms with E-state index in [-0.39, 0.29) is 10.8 Å². The zero-order valence-corrected chi connectivity index (χ0v) is 20.9. The lowest BCUT2D eigenvalue weighted by Gasteiger charge is -2.24. The number of fused-ring (bicyclic) bond motifs is 2. The number of halogens is 1. The van der Waals surface area contributed by atoms with E-state index in [9.17, 15) is 13.2 Å². The van der Waals surface area contributed by atoms with Crippen molar-refractivity contribution in [1.82, 2.24) is 14.2 Å². The van der Waals surface area contributed by atoms with Crippen LogP contribution in [0.2, 0.25) is 5.15 Å². The van der Waals surface area contributed by atoms with Crippen molar-refractivity contribution in [3.8, 4) is 5.75 Å². The number of methoxy groups -OCH3 is 1. The number of sulfonamides is 1. The van der Waals surface area contributed by atoms with Crippen LogP contribution in [-0.2, 0) is 21.4 Å². The van der Waals surface area contributed by atoms with Gasteiger partial charge in [0.1, 0.15) is 16.9 Å². The topological polar surface area (TPSA) is 79.8 Å². The molecule has 1 fully saturated rings. The molecule has 5 rings (SSSR count). The lowest BCUT2D eigenvalue weighted by Crippen LogP contribution is -2.42. The van der Waals surface area contributed by atoms with Crippen LogP contribution in [0.15, 0.2) is 71.6 Å². The highest BCUT2D eigenvalue weighted by Gasteiger charge is 2.39. The van der Waals surface area contributed by atoms with Gasteiger partial charge in [-0.2, -0.15) is 4.31 Å². The van der Waals surface area contributed by atoms with Crippen LogP contribution < -0.4 is 4.74 Å². The summed E-state index contributed by atoms with van der Waals surface area (Å²) in [6.45, 7) is 0.850. The van der Waals surface area contributed by atoms with Gasteiger partial charge in [0.2, 0.25) is 15.9 Å². The number of rotatable bonds is 6. The van der Waals surface area contributed by atoms with Crippen LogP contribution in [0.4, 0.5) is 0 Å². The summed E-state index contributed by atoms with van der Waals surface area (Å²) in [6, 6.07) is 19.1. The predicted molar refractivity (Wildman–Crippen MR) is 136 cm³/mol. The van der Waals surface area contributed by atoms with E-state index in [1.54, 1.807) is 42.3 Å². The highest BCUT2D eigenvalue weighted by molar-refractivity contribution is 7.89. The summed E-state index contributed by atoms with van der Waals surface area (Å²) in [7, 11) is -0.838. The van der Waals surface area contributed by atoms with Gasteiger partial charge in [0.25, 0.3) is 0 Å². The lowest BCUT2D eigenvalue weighted by molar-refractivity contribution is -0.131. The predicted octanol–water partition coefficient (Wildman–Crippen LogP) is 4.47. The summed E-state index contributed by atoms with van der Waals surface area (Å²) < 4.78 is 33.3. The fourth-order valence-corrected chi connectivity index (χ4v) is 6.03. The quantitative estimate of drug-likeness (QED) is 0.358. The third-order valence-corrected chi connectivity index (χ3v) is 8.57. The van der Waals surface area contributed by atoms with Crippen molar-refractivity contribution in [2.24, 2.45) is 0 Å². The minimum Gasteiger partial charge on any atom is -0.497 e. The summed E-state index contributed by atoms with van der Waals surface area (Å²) in [5.41, 5.74) is 1.67. The van der Waals surface area contributed by atoms with Gasteiger partial charge in [0.15, 0.2) is 0 Å². The number of hydrogen-bond acceptors (Lipinski definition) is 5. The zero-order chi connectivity index (χ0) is 24.7. The number of aromatic nitrogens is 1. The van der Waals surface area contributed by atoms with Gasteiger partial charge in [-0.25, -0.2) is 13.4 Å². The maximum atomic E-state index is 13.4. The van der Waals surface area contributed by atoms with Gasteiger partial charge in [-0.1, -0.05) is 35.9 Å². The molecule has 4 aromatic rings. The van der Waals surface area contributed by atoms with E-state index in [0.717, 1.165) is 27.2 Å². The second kappa shape index (κ2) is 9.11. The van der Waals surface area contributed by atoms with Crippen LogP contribution in [0.3, 0.4) is 0 Å². The van der Waals surface area contributed by atoms with Crippen LogP contribution >= 0.6 is 11.6 Å². The lowest BCUT2D eigenvalue weighted by atomic mass is 10.1. The van der Waals surface area contributed by atoms with Gasteiger partial charge in [0.05, 0.1) is 17.5 Å². The Morgan fingerprint density at radius 3 is 2.57 bits per heavy atom. The van der Waals surface area contributed by atoms with E-state index in [1.807, 2.05) is 36.4 Å². The molecular formula is C26H24ClN3O4S. The van der Waals surface area contributed by atoms with Crippen molar-refractivity contribution in [1.29, 1.82) is 0 Å². The van der Waals surface area contributed by atoms with E-state index >= 15 is 0 Å². The molecule has 0 bridgehead atoms. The molecule has 3 aromatic carbocycles. The third-order valence-electron chi connectivity index (χ3n) is 6.50. The average Bonchev–Trinajstić information content (AvgIpc) is 3.22. The molecule has 9 heteroatoms. The van der Waals surface area contributed by atoms with Gasteiger partial charge >= 0.3 is 0 Å². The summed E-state index contributed by atoms with van der Waals surface area (Å²) in [4.78, 5) is 19.4. The fourth-order valence-electron chi connectivity index (χ4n) is 4.50. The molecule has 1 aromatic heterocycles. The first kappa shape index (κ1) is 23.5. The number of pyridine rings is 1. The molecule has 1 amide bonds. The summed E-state index contributed by atoms with van der Waals surface area (Å²) >= 11 is 6.01. The molecule has 0 radical (unpaired) electrons. The molecule has 1 aliphatic rings. The molecule has 1 saturated heterocycles. The molecule has 0 N–H and O–H groups in total. The normalized spacial score (nSPS) is 16.5. The maximum Gasteiger partial charge on any atom is 0.243 e. The van der Waals surface area contributed by atoms with E-state index in [4.69, 9.17) is 16.3 Å². The van der Waals surface area contributed by atoms with Crippen LogP contribution in [0, 0.1) is 0 Å². The minimum atomic E-state index is -3.88. The largest absolute Gasteiger partial charge is 0.497 e. The number of likely N-dealkylation sites (N-methyl/N-ethyl adjacent to an activating group) is 1. The van der Waals surface area contributed by atoms with Crippen molar-refractivity contribution < 1.29 is 17.9 Å². The Labute approximate surface area is 208 Å². The number of benzene rings is 3. The Bertz CT molecular complexity index is 1560. The van der Waals surface area contributed by atoms with Gasteiger partial charge in [-0.05, 0) is 65.2 Å². The van der Waals surface area contributed by atoms with Crippen molar-refractivity contribution in [3.05, 3.63) is 77.4 Å². The number of ether oxygens (including phenoxy) is 1. The third kappa shape index (κ3) is 4.45. The molecular weight excluding hydrogens is 486 g/mol. The summed E-state index contributed by atoms with van der Waals surface area (Å²) in [6.07, 6.45) is 0.424. The first-order valence-corrected chi connectivity index (χ1v) is 13.0. The Morgan fingerprint density at radius 2 is 1.77 bits per heavy atom. The maximum absolute atomic E-state index is 13.4. The number of nitrogens with zero attached hydrogens (tertiary/aromatic N) is 3. The second-order valence-electron chi connectivity index (χ2n) is 8.62. The van der Waals surface area contributed by atoms with E-state index < -0.39 is 16.1 Å². The van der Waals surface area contributed by atoms with Gasteiger partial charge in [-0.15, -0.1) is 0 Å². The Hall–Kier alpha value is -3.20. The molecule has 0 unspecified atom stereocenters. The van der Waals surface area contributed by atoms with Gasteiger partial charge < -0.3 is 9.64 Å². The molecule has 35 heavy (non-hydrogen) atoms. The highest BCUT2D eigenvalue weighted by atomic mass is 35.5. The fraction of sp³-hybridized carbons (Fsp3) is 0.231. The second-order valence-corrected chi connectivity index (χ2v) is 11.0. The SMILES string of the molecule is COc1ccc2ccc(S(=O)(=O)N(C)[C@H]3CCN(Cc4ccc5ccc(Cl)nc5c4)C3=O)cc2c1. The molecule has 1 atom stereocenters. The van der Waals surface area contributed by atoms with Crippen LogP contribution in [0.5, 0.6) is 5.75 Å². The average molecular weight is 510 g/mol. The number of carbonyl (C=O) groups is 1. The minimum absolute atomic E-state index is 0.143. The van der Waals surface area contributed by atoms with Crippen molar-refractivity contribution in [3.63, 3.8) is 0 Å². The molecule has 0 spiro atoms. The zero-order valence-electron chi connectivity index (χ0n) is 19.3. The number of likely N-dealkylation sites (tertiary alicyclic amines) is 1. The standard InChI is InChI=1S/C26H24ClN3O4S/c1-29(35(32,33)22-9-6-18-5-8-21(34-2)14-20(18)15-22)24-11-12-30(26(24)31)16-17-3-4-19-7-10-25(27)28-23(19)13-17/h3-10,13-15,24H,11-12,16H2,1-2H3/t24-/m0/s1. The number of hydrogen-bond donors (Lipinski definition) is 0. The van der Waals surface area contributed by atoms with E-state index in [2.05, 4.69) is 4.98 Å². The van der Waals surface area contributed by atoms with Gasteiger partial charge in [0, 0.05) is 25.5 Å². The summed E-state index contributed by atoms with van der Waals surface area (Å²) in [5, 5.41) is 3.03. The molecule has 1 aliphatic heterocycles. The molecule has 7 nitrogen and oxygen atoms in total. The van der Waals surface area contributed by atoms with Crippen molar-refractivity contribution >= 4 is 49.2 Å². The van der Waals surface area contributed by atoms with Crippen molar-refractivity contribution in [2.75, 3.05) is 20.7 Å². The Morgan fingerprint density at radius 1 is 1.03 bits per heavy atom. The first-order chi connectivity index (χ1) is 16.8. The molecule has 2 heterocycles.